The third-order valence-corrected chi connectivity index (χ3v) is 4.80. The summed E-state index contributed by atoms with van der Waals surface area (Å²) in [6.45, 7) is 0. The van der Waals surface area contributed by atoms with Crippen LogP contribution in [0.1, 0.15) is 32.1 Å². The predicted molar refractivity (Wildman–Crippen MR) is 81.0 cm³/mol. The summed E-state index contributed by atoms with van der Waals surface area (Å²) in [6.07, 6.45) is 5.97. The van der Waals surface area contributed by atoms with Crippen LogP contribution in [0.2, 0.25) is 0 Å². The van der Waals surface area contributed by atoms with Crippen molar-refractivity contribution in [3.63, 3.8) is 0 Å². The Morgan fingerprint density at radius 1 is 1.38 bits per heavy atom. The molecule has 21 heavy (non-hydrogen) atoms. The average Bonchev–Trinajstić information content (AvgIpc) is 2.48. The summed E-state index contributed by atoms with van der Waals surface area (Å²) >= 11 is 1.62. The molecule has 0 unspecified atom stereocenters. The number of hydrogen-bond donors (Lipinski definition) is 1. The molecule has 1 amide bonds. The zero-order valence-corrected chi connectivity index (χ0v) is 12.3. The van der Waals surface area contributed by atoms with Crippen LogP contribution in [-0.4, -0.2) is 21.8 Å². The molecule has 114 valence electrons. The van der Waals surface area contributed by atoms with E-state index in [4.69, 9.17) is 0 Å². The minimum Gasteiger partial charge on any atom is -0.325 e. The topological polar surface area (TPSA) is 72.2 Å². The fourth-order valence-corrected chi connectivity index (χ4v) is 3.48. The second-order valence-corrected chi connectivity index (χ2v) is 6.33. The number of carbonyl (C=O) groups is 1. The zero-order valence-electron chi connectivity index (χ0n) is 11.5. The van der Waals surface area contributed by atoms with Crippen molar-refractivity contribution in [1.29, 1.82) is 0 Å². The number of nitro benzene ring substituents is 1. The summed E-state index contributed by atoms with van der Waals surface area (Å²) in [7, 11) is 0. The van der Waals surface area contributed by atoms with Gasteiger partial charge in [-0.1, -0.05) is 19.3 Å². The van der Waals surface area contributed by atoms with Crippen molar-refractivity contribution in [2.75, 3.05) is 11.1 Å². The van der Waals surface area contributed by atoms with Crippen LogP contribution in [0.4, 0.5) is 15.8 Å². The molecule has 1 aromatic carbocycles. The number of benzene rings is 1. The molecular formula is C14H17FN2O3S. The highest BCUT2D eigenvalue weighted by Crippen LogP contribution is 2.28. The van der Waals surface area contributed by atoms with Gasteiger partial charge in [-0.3, -0.25) is 14.9 Å². The predicted octanol–water partition coefficient (Wildman–Crippen LogP) is 3.74. The first-order valence-electron chi connectivity index (χ1n) is 6.91. The molecule has 1 aromatic rings. The summed E-state index contributed by atoms with van der Waals surface area (Å²) in [6, 6.07) is 3.35. The Balaban J connectivity index is 1.87. The molecule has 0 heterocycles. The number of amides is 1. The van der Waals surface area contributed by atoms with Gasteiger partial charge < -0.3 is 5.32 Å². The Morgan fingerprint density at radius 3 is 2.76 bits per heavy atom. The molecule has 2 rings (SSSR count). The first-order chi connectivity index (χ1) is 10.1. The minimum absolute atomic E-state index is 0.216. The Labute approximate surface area is 126 Å². The molecule has 7 heteroatoms. The number of nitrogens with one attached hydrogen (secondary N) is 1. The van der Waals surface area contributed by atoms with Gasteiger partial charge in [-0.15, -0.1) is 11.8 Å². The Hall–Kier alpha value is -1.63. The maximum Gasteiger partial charge on any atom is 0.306 e. The fraction of sp³-hybridized carbons (Fsp3) is 0.500. The van der Waals surface area contributed by atoms with E-state index in [2.05, 4.69) is 5.32 Å². The molecule has 0 aromatic heterocycles. The van der Waals surface area contributed by atoms with Gasteiger partial charge in [-0.05, 0) is 25.0 Å². The van der Waals surface area contributed by atoms with E-state index in [9.17, 15) is 19.3 Å². The van der Waals surface area contributed by atoms with Gasteiger partial charge in [0.15, 0.2) is 0 Å². The van der Waals surface area contributed by atoms with Crippen molar-refractivity contribution in [2.24, 2.45) is 0 Å². The first kappa shape index (κ1) is 15.8. The van der Waals surface area contributed by atoms with Gasteiger partial charge in [-0.2, -0.15) is 4.39 Å². The molecule has 0 atom stereocenters. The third-order valence-electron chi connectivity index (χ3n) is 3.43. The van der Waals surface area contributed by atoms with E-state index in [1.165, 1.54) is 25.3 Å². The van der Waals surface area contributed by atoms with E-state index in [0.29, 0.717) is 11.0 Å². The average molecular weight is 312 g/mol. The number of thioether (sulfide) groups is 1. The number of nitrogens with zero attached hydrogens (tertiary/aromatic N) is 1. The number of rotatable bonds is 5. The smallest absolute Gasteiger partial charge is 0.306 e. The normalized spacial score (nSPS) is 15.7. The third kappa shape index (κ3) is 4.70. The molecule has 0 radical (unpaired) electrons. The highest BCUT2D eigenvalue weighted by Gasteiger charge is 2.17. The molecule has 0 spiro atoms. The number of anilines is 1. The fourth-order valence-electron chi connectivity index (χ4n) is 2.35. The Morgan fingerprint density at radius 2 is 2.10 bits per heavy atom. The molecule has 5 nitrogen and oxygen atoms in total. The van der Waals surface area contributed by atoms with E-state index >= 15 is 0 Å². The van der Waals surface area contributed by atoms with Crippen molar-refractivity contribution in [3.05, 3.63) is 34.1 Å². The van der Waals surface area contributed by atoms with Crippen molar-refractivity contribution >= 4 is 29.0 Å². The van der Waals surface area contributed by atoms with Gasteiger partial charge in [-0.25, -0.2) is 0 Å². The van der Waals surface area contributed by atoms with Crippen LogP contribution in [-0.2, 0) is 4.79 Å². The zero-order chi connectivity index (χ0) is 15.2. The number of hydrogen-bond acceptors (Lipinski definition) is 4. The monoisotopic (exact) mass is 312 g/mol. The molecule has 1 fully saturated rings. The summed E-state index contributed by atoms with van der Waals surface area (Å²) in [4.78, 5) is 21.7. The van der Waals surface area contributed by atoms with E-state index in [0.717, 1.165) is 25.0 Å². The van der Waals surface area contributed by atoms with Gasteiger partial charge >= 0.3 is 5.69 Å². The molecule has 1 N–H and O–H groups in total. The van der Waals surface area contributed by atoms with Crippen LogP contribution in [0.5, 0.6) is 0 Å². The lowest BCUT2D eigenvalue weighted by Gasteiger charge is -2.20. The lowest BCUT2D eigenvalue weighted by Crippen LogP contribution is -2.18. The van der Waals surface area contributed by atoms with E-state index in [1.807, 2.05) is 0 Å². The molecule has 0 bridgehead atoms. The number of carbonyl (C=O) groups excluding carboxylic acids is 1. The Kier molecular flexibility index (Phi) is 5.55. The Bertz CT molecular complexity index is 533. The van der Waals surface area contributed by atoms with E-state index in [1.54, 1.807) is 11.8 Å². The van der Waals surface area contributed by atoms with Crippen LogP contribution in [0.15, 0.2) is 18.2 Å². The van der Waals surface area contributed by atoms with E-state index in [-0.39, 0.29) is 11.6 Å². The quantitative estimate of drug-likeness (QED) is 0.664. The van der Waals surface area contributed by atoms with Crippen LogP contribution in [0, 0.1) is 15.9 Å². The van der Waals surface area contributed by atoms with Gasteiger partial charge in [0, 0.05) is 17.0 Å². The van der Waals surface area contributed by atoms with Gasteiger partial charge in [0.2, 0.25) is 11.7 Å². The maximum absolute atomic E-state index is 13.2. The molecule has 1 aliphatic carbocycles. The maximum atomic E-state index is 13.2. The van der Waals surface area contributed by atoms with Gasteiger partial charge in [0.05, 0.1) is 10.7 Å². The molecule has 1 aliphatic rings. The standard InChI is InChI=1S/C14H17FN2O3S/c15-12-7-6-10(8-13(12)17(19)20)16-14(18)9-21-11-4-2-1-3-5-11/h6-8,11H,1-5,9H2,(H,16,18). The summed E-state index contributed by atoms with van der Waals surface area (Å²) in [5.41, 5.74) is -0.384. The second-order valence-electron chi connectivity index (χ2n) is 5.04. The van der Waals surface area contributed by atoms with Crippen molar-refractivity contribution < 1.29 is 14.1 Å². The van der Waals surface area contributed by atoms with Crippen molar-refractivity contribution in [2.45, 2.75) is 37.4 Å². The highest BCUT2D eigenvalue weighted by atomic mass is 32.2. The number of halogens is 1. The largest absolute Gasteiger partial charge is 0.325 e. The highest BCUT2D eigenvalue weighted by molar-refractivity contribution is 8.00. The second kappa shape index (κ2) is 7.40. The van der Waals surface area contributed by atoms with Crippen LogP contribution < -0.4 is 5.32 Å². The van der Waals surface area contributed by atoms with Crippen molar-refractivity contribution in [1.82, 2.24) is 0 Å². The van der Waals surface area contributed by atoms with Crippen molar-refractivity contribution in [3.8, 4) is 0 Å². The first-order valence-corrected chi connectivity index (χ1v) is 7.96. The lowest BCUT2D eigenvalue weighted by molar-refractivity contribution is -0.387. The van der Waals surface area contributed by atoms with Crippen LogP contribution in [0.25, 0.3) is 0 Å². The lowest BCUT2D eigenvalue weighted by atomic mass is 10.0. The van der Waals surface area contributed by atoms with Crippen LogP contribution in [0.3, 0.4) is 0 Å². The summed E-state index contributed by atoms with van der Waals surface area (Å²) in [5.74, 6) is -0.809. The molecule has 0 saturated heterocycles. The summed E-state index contributed by atoms with van der Waals surface area (Å²) in [5, 5.41) is 13.7. The molecule has 1 saturated carbocycles. The van der Waals surface area contributed by atoms with Gasteiger partial charge in [0.25, 0.3) is 0 Å². The van der Waals surface area contributed by atoms with Crippen LogP contribution >= 0.6 is 11.8 Å². The van der Waals surface area contributed by atoms with E-state index < -0.39 is 16.4 Å². The summed E-state index contributed by atoms with van der Waals surface area (Å²) < 4.78 is 13.2. The minimum atomic E-state index is -0.908. The SMILES string of the molecule is O=C(CSC1CCCCC1)Nc1ccc(F)c([N+](=O)[O-])c1. The molecule has 0 aliphatic heterocycles. The molecular weight excluding hydrogens is 295 g/mol. The van der Waals surface area contributed by atoms with Gasteiger partial charge in [0.1, 0.15) is 0 Å². The number of nitro groups is 1.